The molecular weight excluding hydrogens is 306 g/mol. The van der Waals surface area contributed by atoms with E-state index < -0.39 is 0 Å². The minimum Gasteiger partial charge on any atom is -0.486 e. The Kier molecular flexibility index (Phi) is 5.06. The summed E-state index contributed by atoms with van der Waals surface area (Å²) in [6, 6.07) is 8.16. The zero-order chi connectivity index (χ0) is 14.5. The highest BCUT2D eigenvalue weighted by Gasteiger charge is 2.19. The summed E-state index contributed by atoms with van der Waals surface area (Å²) < 4.78 is 5.66. The second-order valence-electron chi connectivity index (χ2n) is 5.17. The van der Waals surface area contributed by atoms with Crippen molar-refractivity contribution in [2.24, 2.45) is 0 Å². The first-order valence-electron chi connectivity index (χ1n) is 7.22. The van der Waals surface area contributed by atoms with Crippen molar-refractivity contribution in [3.05, 3.63) is 39.3 Å². The van der Waals surface area contributed by atoms with Crippen LogP contribution in [-0.4, -0.2) is 22.8 Å². The number of halogens is 1. The van der Waals surface area contributed by atoms with Gasteiger partial charge in [0.05, 0.1) is 0 Å². The predicted molar refractivity (Wildman–Crippen MR) is 85.0 cm³/mol. The van der Waals surface area contributed by atoms with Crippen LogP contribution in [0.15, 0.2) is 24.3 Å². The van der Waals surface area contributed by atoms with Crippen LogP contribution in [0.25, 0.3) is 0 Å². The van der Waals surface area contributed by atoms with Crippen molar-refractivity contribution in [2.45, 2.75) is 38.3 Å². The lowest BCUT2D eigenvalue weighted by molar-refractivity contribution is 0.304. The van der Waals surface area contributed by atoms with Gasteiger partial charge in [-0.2, -0.15) is 0 Å². The van der Waals surface area contributed by atoms with E-state index in [1.807, 2.05) is 18.2 Å². The third-order valence-corrected chi connectivity index (χ3v) is 4.44. The maximum atomic E-state index is 5.92. The van der Waals surface area contributed by atoms with E-state index in [2.05, 4.69) is 15.5 Å². The molecule has 112 valence electrons. The van der Waals surface area contributed by atoms with Gasteiger partial charge in [-0.3, -0.25) is 0 Å². The number of rotatable bonds is 8. The maximum absolute atomic E-state index is 5.92. The molecule has 1 aliphatic rings. The van der Waals surface area contributed by atoms with Gasteiger partial charge in [-0.25, -0.2) is 0 Å². The van der Waals surface area contributed by atoms with Crippen LogP contribution in [0.4, 0.5) is 0 Å². The Bertz CT molecular complexity index is 586. The van der Waals surface area contributed by atoms with Crippen LogP contribution in [0.3, 0.4) is 0 Å². The molecule has 1 N–H and O–H groups in total. The zero-order valence-electron chi connectivity index (χ0n) is 11.7. The lowest BCUT2D eigenvalue weighted by Crippen LogP contribution is -2.17. The molecular formula is C15H18ClN3OS. The van der Waals surface area contributed by atoms with Crippen molar-refractivity contribution in [3.8, 4) is 5.75 Å². The van der Waals surface area contributed by atoms with Gasteiger partial charge in [0.15, 0.2) is 5.01 Å². The number of hydrogen-bond acceptors (Lipinski definition) is 5. The number of aryl methyl sites for hydroxylation is 1. The summed E-state index contributed by atoms with van der Waals surface area (Å²) in [6.07, 6.45) is 4.77. The second kappa shape index (κ2) is 7.20. The van der Waals surface area contributed by atoms with E-state index in [4.69, 9.17) is 16.3 Å². The van der Waals surface area contributed by atoms with E-state index in [0.29, 0.717) is 11.6 Å². The zero-order valence-corrected chi connectivity index (χ0v) is 13.3. The van der Waals surface area contributed by atoms with Crippen molar-refractivity contribution < 1.29 is 4.74 Å². The third kappa shape index (κ3) is 4.95. The van der Waals surface area contributed by atoms with Gasteiger partial charge < -0.3 is 10.1 Å². The highest BCUT2D eigenvalue weighted by atomic mass is 35.5. The molecule has 0 spiro atoms. The van der Waals surface area contributed by atoms with Gasteiger partial charge in [-0.05, 0) is 44.0 Å². The molecule has 1 fully saturated rings. The van der Waals surface area contributed by atoms with Gasteiger partial charge in [0.2, 0.25) is 0 Å². The van der Waals surface area contributed by atoms with E-state index in [1.54, 1.807) is 17.4 Å². The molecule has 0 radical (unpaired) electrons. The molecule has 0 atom stereocenters. The first-order valence-corrected chi connectivity index (χ1v) is 8.42. The van der Waals surface area contributed by atoms with Crippen LogP contribution in [0, 0.1) is 0 Å². The fourth-order valence-electron chi connectivity index (χ4n) is 1.98. The monoisotopic (exact) mass is 323 g/mol. The summed E-state index contributed by atoms with van der Waals surface area (Å²) in [4.78, 5) is 0. The molecule has 0 aliphatic heterocycles. The summed E-state index contributed by atoms with van der Waals surface area (Å²) in [6.45, 7) is 1.51. The molecule has 1 saturated carbocycles. The van der Waals surface area contributed by atoms with E-state index in [1.165, 1.54) is 12.8 Å². The molecule has 1 heterocycles. The van der Waals surface area contributed by atoms with Gasteiger partial charge >= 0.3 is 0 Å². The summed E-state index contributed by atoms with van der Waals surface area (Å²) in [5.41, 5.74) is 0. The average Bonchev–Trinajstić information content (AvgIpc) is 3.20. The minimum atomic E-state index is 0.443. The highest BCUT2D eigenvalue weighted by molar-refractivity contribution is 7.11. The number of nitrogens with zero attached hydrogens (tertiary/aromatic N) is 2. The van der Waals surface area contributed by atoms with Crippen molar-refractivity contribution in [1.82, 2.24) is 15.5 Å². The smallest absolute Gasteiger partial charge is 0.155 e. The van der Waals surface area contributed by atoms with Crippen LogP contribution in [-0.2, 0) is 13.0 Å². The number of ether oxygens (including phenoxy) is 1. The molecule has 0 unspecified atom stereocenters. The Labute approximate surface area is 133 Å². The number of benzene rings is 1. The fourth-order valence-corrected chi connectivity index (χ4v) is 2.96. The van der Waals surface area contributed by atoms with E-state index >= 15 is 0 Å². The Morgan fingerprint density at radius 1 is 1.29 bits per heavy atom. The first kappa shape index (κ1) is 14.8. The fraction of sp³-hybridized carbons (Fsp3) is 0.467. The molecule has 1 aromatic heterocycles. The van der Waals surface area contributed by atoms with Crippen molar-refractivity contribution >= 4 is 22.9 Å². The van der Waals surface area contributed by atoms with Gasteiger partial charge in [0.1, 0.15) is 17.4 Å². The normalized spacial score (nSPS) is 14.3. The number of hydrogen-bond donors (Lipinski definition) is 1. The van der Waals surface area contributed by atoms with Crippen molar-refractivity contribution in [3.63, 3.8) is 0 Å². The largest absolute Gasteiger partial charge is 0.486 e. The van der Waals surface area contributed by atoms with E-state index in [-0.39, 0.29) is 0 Å². The summed E-state index contributed by atoms with van der Waals surface area (Å²) in [7, 11) is 0. The standard InChI is InChI=1S/C15H18ClN3OS/c16-11-3-1-4-13(9-11)20-10-15-19-18-14(21-15)5-2-8-17-12-6-7-12/h1,3-4,9,12,17H,2,5-8,10H2. The molecule has 21 heavy (non-hydrogen) atoms. The lowest BCUT2D eigenvalue weighted by Gasteiger charge is -2.03. The molecule has 1 aliphatic carbocycles. The summed E-state index contributed by atoms with van der Waals surface area (Å²) in [5, 5.41) is 14.5. The molecule has 3 rings (SSSR count). The van der Waals surface area contributed by atoms with Gasteiger partial charge in [0, 0.05) is 17.5 Å². The topological polar surface area (TPSA) is 47.0 Å². The average molecular weight is 324 g/mol. The lowest BCUT2D eigenvalue weighted by atomic mass is 10.3. The van der Waals surface area contributed by atoms with Crippen LogP contribution in [0.2, 0.25) is 5.02 Å². The quantitative estimate of drug-likeness (QED) is 0.756. The van der Waals surface area contributed by atoms with Crippen LogP contribution < -0.4 is 10.1 Å². The molecule has 1 aromatic carbocycles. The van der Waals surface area contributed by atoms with Crippen molar-refractivity contribution in [2.75, 3.05) is 6.54 Å². The van der Waals surface area contributed by atoms with Crippen LogP contribution in [0.1, 0.15) is 29.3 Å². The number of aromatic nitrogens is 2. The first-order chi connectivity index (χ1) is 10.3. The maximum Gasteiger partial charge on any atom is 0.155 e. The Morgan fingerprint density at radius 3 is 2.95 bits per heavy atom. The van der Waals surface area contributed by atoms with Crippen molar-refractivity contribution in [1.29, 1.82) is 0 Å². The summed E-state index contributed by atoms with van der Waals surface area (Å²) >= 11 is 7.54. The molecule has 0 bridgehead atoms. The van der Waals surface area contributed by atoms with Crippen LogP contribution in [0.5, 0.6) is 5.75 Å². The predicted octanol–water partition coefficient (Wildman–Crippen LogP) is 3.46. The number of nitrogens with one attached hydrogen (secondary N) is 1. The Balaban J connectivity index is 1.41. The third-order valence-electron chi connectivity index (χ3n) is 3.24. The SMILES string of the molecule is Clc1cccc(OCc2nnc(CCCNC3CC3)s2)c1. The Morgan fingerprint density at radius 2 is 2.14 bits per heavy atom. The van der Waals surface area contributed by atoms with Gasteiger partial charge in [-0.1, -0.05) is 29.0 Å². The summed E-state index contributed by atoms with van der Waals surface area (Å²) in [5.74, 6) is 0.757. The van der Waals surface area contributed by atoms with Crippen LogP contribution >= 0.6 is 22.9 Å². The van der Waals surface area contributed by atoms with E-state index in [9.17, 15) is 0 Å². The Hall–Kier alpha value is -1.17. The highest BCUT2D eigenvalue weighted by Crippen LogP contribution is 2.20. The minimum absolute atomic E-state index is 0.443. The van der Waals surface area contributed by atoms with Gasteiger partial charge in [-0.15, -0.1) is 10.2 Å². The van der Waals surface area contributed by atoms with Gasteiger partial charge in [0.25, 0.3) is 0 Å². The van der Waals surface area contributed by atoms with E-state index in [0.717, 1.165) is 41.2 Å². The molecule has 2 aromatic rings. The molecule has 4 nitrogen and oxygen atoms in total. The molecule has 0 saturated heterocycles. The second-order valence-corrected chi connectivity index (χ2v) is 6.75. The molecule has 6 heteroatoms. The molecule has 0 amide bonds.